The number of rotatable bonds is 2. The minimum absolute atomic E-state index is 1.25. The van der Waals surface area contributed by atoms with Gasteiger partial charge in [0.1, 0.15) is 0 Å². The standard InChI is InChI=1S/C2H10N4/c1-4-6(3)5-2/h4-5H,3H2,1-2H3. The Morgan fingerprint density at radius 3 is 1.67 bits per heavy atom. The maximum Gasteiger partial charge on any atom is 0.00146 e. The van der Waals surface area contributed by atoms with Crippen LogP contribution in [-0.4, -0.2) is 19.3 Å². The summed E-state index contributed by atoms with van der Waals surface area (Å²) in [7, 11) is 3.44. The van der Waals surface area contributed by atoms with Crippen LogP contribution in [0.1, 0.15) is 0 Å². The Bertz CT molecular complexity index is 24.7. The van der Waals surface area contributed by atoms with Crippen LogP contribution in [0.25, 0.3) is 0 Å². The number of nitrogens with one attached hydrogen (secondary N) is 2. The van der Waals surface area contributed by atoms with Gasteiger partial charge in [-0.05, 0) is 0 Å². The second kappa shape index (κ2) is 3.05. The van der Waals surface area contributed by atoms with Crippen molar-refractivity contribution in [2.24, 2.45) is 5.84 Å². The van der Waals surface area contributed by atoms with Crippen molar-refractivity contribution >= 4 is 0 Å². The van der Waals surface area contributed by atoms with Gasteiger partial charge >= 0.3 is 0 Å². The van der Waals surface area contributed by atoms with Gasteiger partial charge in [-0.15, -0.1) is 5.23 Å². The summed E-state index contributed by atoms with van der Waals surface area (Å²) in [6.07, 6.45) is 0. The Morgan fingerprint density at radius 1 is 1.33 bits per heavy atom. The lowest BCUT2D eigenvalue weighted by Gasteiger charge is -2.09. The average Bonchev–Trinajstić information content (AvgIpc) is 1.65. The molecule has 0 aromatic heterocycles. The second-order valence-electron chi connectivity index (χ2n) is 0.817. The molecule has 0 unspecified atom stereocenters. The molecule has 0 fully saturated rings. The van der Waals surface area contributed by atoms with E-state index in [1.54, 1.807) is 14.1 Å². The van der Waals surface area contributed by atoms with Crippen LogP contribution in [0.3, 0.4) is 0 Å². The summed E-state index contributed by atoms with van der Waals surface area (Å²) in [5, 5.41) is 1.25. The van der Waals surface area contributed by atoms with Gasteiger partial charge in [0.05, 0.1) is 0 Å². The maximum absolute atomic E-state index is 5.08. The monoisotopic (exact) mass is 90.1 g/mol. The SMILES string of the molecule is CNN(N)NC. The lowest BCUT2D eigenvalue weighted by molar-refractivity contribution is 0.149. The van der Waals surface area contributed by atoms with Gasteiger partial charge in [-0.25, -0.2) is 16.7 Å². The van der Waals surface area contributed by atoms with Gasteiger partial charge in [0, 0.05) is 14.1 Å². The van der Waals surface area contributed by atoms with Crippen LogP contribution < -0.4 is 16.7 Å². The van der Waals surface area contributed by atoms with Crippen molar-refractivity contribution in [3.8, 4) is 0 Å². The minimum atomic E-state index is 1.25. The smallest absolute Gasteiger partial charge is 0.00146 e. The van der Waals surface area contributed by atoms with Gasteiger partial charge in [-0.1, -0.05) is 0 Å². The van der Waals surface area contributed by atoms with E-state index in [0.29, 0.717) is 0 Å². The van der Waals surface area contributed by atoms with E-state index in [1.807, 2.05) is 0 Å². The normalized spacial score (nSPS) is 10.0. The summed E-state index contributed by atoms with van der Waals surface area (Å²) in [5.74, 6) is 5.08. The molecule has 0 aromatic rings. The van der Waals surface area contributed by atoms with Crippen molar-refractivity contribution in [3.05, 3.63) is 0 Å². The van der Waals surface area contributed by atoms with Gasteiger partial charge < -0.3 is 0 Å². The van der Waals surface area contributed by atoms with Gasteiger partial charge in [0.2, 0.25) is 0 Å². The second-order valence-corrected chi connectivity index (χ2v) is 0.817. The van der Waals surface area contributed by atoms with E-state index in [9.17, 15) is 0 Å². The summed E-state index contributed by atoms with van der Waals surface area (Å²) < 4.78 is 0. The van der Waals surface area contributed by atoms with Gasteiger partial charge in [0.15, 0.2) is 0 Å². The van der Waals surface area contributed by atoms with E-state index in [4.69, 9.17) is 5.84 Å². The molecule has 0 heterocycles. The highest BCUT2D eigenvalue weighted by molar-refractivity contribution is 4.09. The molecule has 0 bridgehead atoms. The van der Waals surface area contributed by atoms with E-state index in [-0.39, 0.29) is 0 Å². The van der Waals surface area contributed by atoms with Crippen molar-refractivity contribution in [1.29, 1.82) is 0 Å². The zero-order valence-corrected chi connectivity index (χ0v) is 4.02. The van der Waals surface area contributed by atoms with Crippen molar-refractivity contribution in [3.63, 3.8) is 0 Å². The highest BCUT2D eigenvalue weighted by Gasteiger charge is 1.77. The summed E-state index contributed by atoms with van der Waals surface area (Å²) in [4.78, 5) is 0. The Balaban J connectivity index is 2.75. The number of nitrogens with two attached hydrogens (primary N) is 1. The first-order valence-electron chi connectivity index (χ1n) is 1.71. The van der Waals surface area contributed by atoms with E-state index in [2.05, 4.69) is 10.9 Å². The van der Waals surface area contributed by atoms with Crippen molar-refractivity contribution in [2.75, 3.05) is 14.1 Å². The highest BCUT2D eigenvalue weighted by atomic mass is 15.8. The zero-order chi connectivity index (χ0) is 4.99. The molecule has 0 aromatic carbocycles. The van der Waals surface area contributed by atoms with Crippen molar-refractivity contribution in [2.45, 2.75) is 0 Å². The van der Waals surface area contributed by atoms with E-state index >= 15 is 0 Å². The molecule has 0 aliphatic rings. The van der Waals surface area contributed by atoms with Gasteiger partial charge in [-0.2, -0.15) is 0 Å². The lowest BCUT2D eigenvalue weighted by atomic mass is 11.4. The first-order valence-corrected chi connectivity index (χ1v) is 1.71. The van der Waals surface area contributed by atoms with Crippen molar-refractivity contribution in [1.82, 2.24) is 16.1 Å². The van der Waals surface area contributed by atoms with Gasteiger partial charge in [0.25, 0.3) is 0 Å². The van der Waals surface area contributed by atoms with E-state index < -0.39 is 0 Å². The molecule has 0 saturated carbocycles. The quantitative estimate of drug-likeness (QED) is 0.283. The number of hydrazine groups is 3. The summed E-state index contributed by atoms with van der Waals surface area (Å²) in [5.41, 5.74) is 5.23. The van der Waals surface area contributed by atoms with Crippen LogP contribution in [0.4, 0.5) is 0 Å². The molecule has 0 spiro atoms. The summed E-state index contributed by atoms with van der Waals surface area (Å²) >= 11 is 0. The third-order valence-electron chi connectivity index (χ3n) is 0.482. The fourth-order valence-electron chi connectivity index (χ4n) is 0.112. The molecule has 0 aliphatic carbocycles. The molecule has 0 atom stereocenters. The molecule has 0 aliphatic heterocycles. The van der Waals surface area contributed by atoms with Crippen molar-refractivity contribution < 1.29 is 0 Å². The number of hydrogen-bond acceptors (Lipinski definition) is 4. The molecule has 4 nitrogen and oxygen atoms in total. The maximum atomic E-state index is 5.08. The Hall–Kier alpha value is -0.160. The van der Waals surface area contributed by atoms with Crippen LogP contribution in [-0.2, 0) is 0 Å². The fourth-order valence-corrected chi connectivity index (χ4v) is 0.112. The van der Waals surface area contributed by atoms with Crippen LogP contribution >= 0.6 is 0 Å². The molecule has 4 N–H and O–H groups in total. The molecule has 0 saturated heterocycles. The highest BCUT2D eigenvalue weighted by Crippen LogP contribution is 1.42. The molecule has 6 heavy (non-hydrogen) atoms. The Kier molecular flexibility index (Phi) is 2.97. The van der Waals surface area contributed by atoms with E-state index in [0.717, 1.165) is 0 Å². The molecule has 38 valence electrons. The number of hydrogen-bond donors (Lipinski definition) is 3. The predicted molar refractivity (Wildman–Crippen MR) is 24.1 cm³/mol. The summed E-state index contributed by atoms with van der Waals surface area (Å²) in [6.45, 7) is 0. The Morgan fingerprint density at radius 2 is 1.67 bits per heavy atom. The topological polar surface area (TPSA) is 53.3 Å². The van der Waals surface area contributed by atoms with Crippen LogP contribution in [0.2, 0.25) is 0 Å². The summed E-state index contributed by atoms with van der Waals surface area (Å²) in [6, 6.07) is 0. The average molecular weight is 90.1 g/mol. The Labute approximate surface area is 37.2 Å². The van der Waals surface area contributed by atoms with Gasteiger partial charge in [-0.3, -0.25) is 0 Å². The molecular formula is C2H10N4. The molecule has 0 radical (unpaired) electrons. The molecule has 0 rings (SSSR count). The van der Waals surface area contributed by atoms with Crippen LogP contribution in [0, 0.1) is 0 Å². The molecular weight excluding hydrogens is 80.0 g/mol. The zero-order valence-electron chi connectivity index (χ0n) is 4.02. The predicted octanol–water partition coefficient (Wildman–Crippen LogP) is -1.57. The lowest BCUT2D eigenvalue weighted by Crippen LogP contribution is -2.49. The first kappa shape index (κ1) is 5.84. The molecule has 0 amide bonds. The molecule has 4 heteroatoms. The van der Waals surface area contributed by atoms with Crippen LogP contribution in [0.5, 0.6) is 0 Å². The number of nitrogens with zero attached hydrogens (tertiary/aromatic N) is 1. The van der Waals surface area contributed by atoms with E-state index in [1.165, 1.54) is 5.23 Å². The third-order valence-corrected chi connectivity index (χ3v) is 0.482. The van der Waals surface area contributed by atoms with Crippen LogP contribution in [0.15, 0.2) is 0 Å². The fraction of sp³-hybridized carbons (Fsp3) is 1.00. The first-order chi connectivity index (χ1) is 2.81. The third kappa shape index (κ3) is 2.10. The largest absolute Gasteiger partial charge is 0.241 e. The minimum Gasteiger partial charge on any atom is -0.241 e.